The molecule has 0 amide bonds. The van der Waals surface area contributed by atoms with Crippen molar-refractivity contribution in [3.05, 3.63) is 23.9 Å². The molecule has 3 atom stereocenters. The third-order valence-corrected chi connectivity index (χ3v) is 4.48. The highest BCUT2D eigenvalue weighted by molar-refractivity contribution is 5.48. The van der Waals surface area contributed by atoms with Crippen LogP contribution in [0.2, 0.25) is 0 Å². The van der Waals surface area contributed by atoms with Gasteiger partial charge in [0.15, 0.2) is 0 Å². The van der Waals surface area contributed by atoms with Crippen molar-refractivity contribution < 1.29 is 0 Å². The molecule has 3 unspecified atom stereocenters. The summed E-state index contributed by atoms with van der Waals surface area (Å²) in [7, 11) is 0. The first-order valence-corrected chi connectivity index (χ1v) is 8.04. The van der Waals surface area contributed by atoms with Crippen molar-refractivity contribution in [3.8, 4) is 0 Å². The van der Waals surface area contributed by atoms with Gasteiger partial charge in [-0.2, -0.15) is 0 Å². The molecule has 0 aromatic carbocycles. The molecule has 2 rings (SSSR count). The van der Waals surface area contributed by atoms with Gasteiger partial charge in [0.25, 0.3) is 0 Å². The summed E-state index contributed by atoms with van der Waals surface area (Å²) < 4.78 is 0. The number of piperidine rings is 1. The largest absolute Gasteiger partial charge is 0.353 e. The molecule has 1 aliphatic heterocycles. The molecule has 1 aromatic rings. The number of hydrogen-bond donors (Lipinski definition) is 1. The van der Waals surface area contributed by atoms with Crippen molar-refractivity contribution in [2.45, 2.75) is 53.1 Å². The van der Waals surface area contributed by atoms with Crippen molar-refractivity contribution in [1.82, 2.24) is 10.3 Å². The van der Waals surface area contributed by atoms with Crippen LogP contribution in [0.4, 0.5) is 5.82 Å². The van der Waals surface area contributed by atoms with Crippen molar-refractivity contribution >= 4 is 5.82 Å². The summed E-state index contributed by atoms with van der Waals surface area (Å²) in [4.78, 5) is 7.20. The molecular weight excluding hydrogens is 246 g/mol. The molecule has 1 aliphatic rings. The van der Waals surface area contributed by atoms with E-state index in [4.69, 9.17) is 0 Å². The fraction of sp³-hybridized carbons (Fsp3) is 0.706. The monoisotopic (exact) mass is 275 g/mol. The Morgan fingerprint density at radius 1 is 1.35 bits per heavy atom. The number of pyridine rings is 1. The Morgan fingerprint density at radius 2 is 2.15 bits per heavy atom. The second-order valence-corrected chi connectivity index (χ2v) is 6.37. The molecule has 1 fully saturated rings. The molecule has 20 heavy (non-hydrogen) atoms. The summed E-state index contributed by atoms with van der Waals surface area (Å²) in [5.74, 6) is 2.67. The minimum Gasteiger partial charge on any atom is -0.353 e. The molecule has 0 saturated carbocycles. The van der Waals surface area contributed by atoms with E-state index in [1.165, 1.54) is 24.2 Å². The second kappa shape index (κ2) is 7.07. The molecule has 3 nitrogen and oxygen atoms in total. The SMILES string of the molecule is CCCNCc1cccnc1N1CC(C)CC(C)C1C. The van der Waals surface area contributed by atoms with E-state index in [1.807, 2.05) is 12.3 Å². The maximum atomic E-state index is 4.69. The van der Waals surface area contributed by atoms with E-state index in [2.05, 4.69) is 49.0 Å². The zero-order chi connectivity index (χ0) is 14.5. The summed E-state index contributed by atoms with van der Waals surface area (Å²) in [6.07, 6.45) is 4.42. The van der Waals surface area contributed by atoms with Crippen LogP contribution < -0.4 is 10.2 Å². The van der Waals surface area contributed by atoms with Crippen LogP contribution in [0.1, 0.15) is 46.1 Å². The Kier molecular flexibility index (Phi) is 5.41. The van der Waals surface area contributed by atoms with Gasteiger partial charge >= 0.3 is 0 Å². The number of hydrogen-bond acceptors (Lipinski definition) is 3. The third kappa shape index (κ3) is 3.51. The first-order chi connectivity index (χ1) is 9.63. The summed E-state index contributed by atoms with van der Waals surface area (Å²) in [6.45, 7) is 12.4. The average Bonchev–Trinajstić information content (AvgIpc) is 2.44. The van der Waals surface area contributed by atoms with E-state index in [9.17, 15) is 0 Å². The molecular formula is C17H29N3. The van der Waals surface area contributed by atoms with Gasteiger partial charge in [-0.1, -0.05) is 26.8 Å². The fourth-order valence-electron chi connectivity index (χ4n) is 3.22. The molecule has 112 valence electrons. The zero-order valence-electron chi connectivity index (χ0n) is 13.4. The predicted molar refractivity (Wildman–Crippen MR) is 86.0 cm³/mol. The van der Waals surface area contributed by atoms with Crippen molar-refractivity contribution in [1.29, 1.82) is 0 Å². The van der Waals surface area contributed by atoms with Crippen LogP contribution in [0.5, 0.6) is 0 Å². The van der Waals surface area contributed by atoms with Gasteiger partial charge in [0, 0.05) is 30.9 Å². The van der Waals surface area contributed by atoms with Gasteiger partial charge in [-0.05, 0) is 44.2 Å². The lowest BCUT2D eigenvalue weighted by molar-refractivity contribution is 0.295. The van der Waals surface area contributed by atoms with Gasteiger partial charge in [-0.3, -0.25) is 0 Å². The van der Waals surface area contributed by atoms with Crippen molar-refractivity contribution in [3.63, 3.8) is 0 Å². The second-order valence-electron chi connectivity index (χ2n) is 6.37. The molecule has 1 saturated heterocycles. The lowest BCUT2D eigenvalue weighted by Gasteiger charge is -2.42. The summed E-state index contributed by atoms with van der Waals surface area (Å²) >= 11 is 0. The van der Waals surface area contributed by atoms with Crippen LogP contribution >= 0.6 is 0 Å². The van der Waals surface area contributed by atoms with Gasteiger partial charge < -0.3 is 10.2 Å². The van der Waals surface area contributed by atoms with E-state index < -0.39 is 0 Å². The van der Waals surface area contributed by atoms with Crippen LogP contribution in [-0.4, -0.2) is 24.1 Å². The van der Waals surface area contributed by atoms with Crippen LogP contribution in [0.25, 0.3) is 0 Å². The highest BCUT2D eigenvalue weighted by Gasteiger charge is 2.30. The first kappa shape index (κ1) is 15.3. The van der Waals surface area contributed by atoms with Gasteiger partial charge in [0.1, 0.15) is 5.82 Å². The quantitative estimate of drug-likeness (QED) is 0.834. The summed E-state index contributed by atoms with van der Waals surface area (Å²) in [5.41, 5.74) is 1.33. The summed E-state index contributed by atoms with van der Waals surface area (Å²) in [5, 5.41) is 3.50. The molecule has 0 spiro atoms. The van der Waals surface area contributed by atoms with E-state index in [0.717, 1.165) is 31.5 Å². The van der Waals surface area contributed by atoms with Crippen LogP contribution in [0.3, 0.4) is 0 Å². The number of aromatic nitrogens is 1. The first-order valence-electron chi connectivity index (χ1n) is 8.04. The van der Waals surface area contributed by atoms with Gasteiger partial charge in [-0.15, -0.1) is 0 Å². The minimum atomic E-state index is 0.575. The van der Waals surface area contributed by atoms with Crippen molar-refractivity contribution in [2.75, 3.05) is 18.0 Å². The lowest BCUT2D eigenvalue weighted by atomic mass is 9.86. The van der Waals surface area contributed by atoms with Crippen LogP contribution in [0.15, 0.2) is 18.3 Å². The minimum absolute atomic E-state index is 0.575. The van der Waals surface area contributed by atoms with Crippen molar-refractivity contribution in [2.24, 2.45) is 11.8 Å². The Bertz CT molecular complexity index is 418. The molecule has 1 aromatic heterocycles. The Balaban J connectivity index is 2.17. The molecule has 1 N–H and O–H groups in total. The number of anilines is 1. The van der Waals surface area contributed by atoms with E-state index >= 15 is 0 Å². The normalized spacial score (nSPS) is 26.8. The maximum Gasteiger partial charge on any atom is 0.133 e. The van der Waals surface area contributed by atoms with Gasteiger partial charge in [-0.25, -0.2) is 4.98 Å². The van der Waals surface area contributed by atoms with Gasteiger partial charge in [0.05, 0.1) is 0 Å². The topological polar surface area (TPSA) is 28.2 Å². The third-order valence-electron chi connectivity index (χ3n) is 4.48. The van der Waals surface area contributed by atoms with Gasteiger partial charge in [0.2, 0.25) is 0 Å². The lowest BCUT2D eigenvalue weighted by Crippen LogP contribution is -2.46. The Morgan fingerprint density at radius 3 is 2.90 bits per heavy atom. The molecule has 0 bridgehead atoms. The van der Waals surface area contributed by atoms with E-state index in [1.54, 1.807) is 0 Å². The smallest absolute Gasteiger partial charge is 0.133 e. The predicted octanol–water partition coefficient (Wildman–Crippen LogP) is 3.45. The molecule has 3 heteroatoms. The zero-order valence-corrected chi connectivity index (χ0v) is 13.4. The molecule has 0 aliphatic carbocycles. The van der Waals surface area contributed by atoms with E-state index in [0.29, 0.717) is 6.04 Å². The fourth-order valence-corrected chi connectivity index (χ4v) is 3.22. The Hall–Kier alpha value is -1.09. The number of nitrogens with zero attached hydrogens (tertiary/aromatic N) is 2. The van der Waals surface area contributed by atoms with E-state index in [-0.39, 0.29) is 0 Å². The highest BCUT2D eigenvalue weighted by atomic mass is 15.2. The standard InChI is InChI=1S/C17H29N3/c1-5-8-18-11-16-7-6-9-19-17(16)20-12-13(2)10-14(3)15(20)4/h6-7,9,13-15,18H,5,8,10-12H2,1-4H3. The molecule has 2 heterocycles. The van der Waals surface area contributed by atoms with Crippen LogP contribution in [0, 0.1) is 11.8 Å². The Labute approximate surface area is 123 Å². The highest BCUT2D eigenvalue weighted by Crippen LogP contribution is 2.31. The van der Waals surface area contributed by atoms with Crippen LogP contribution in [-0.2, 0) is 6.54 Å². The summed E-state index contributed by atoms with van der Waals surface area (Å²) in [6, 6.07) is 4.83. The number of rotatable bonds is 5. The average molecular weight is 275 g/mol. The number of nitrogens with one attached hydrogen (secondary N) is 1. The maximum absolute atomic E-state index is 4.69. The molecule has 0 radical (unpaired) electrons.